The van der Waals surface area contributed by atoms with E-state index in [1.807, 2.05) is 21.9 Å². The summed E-state index contributed by atoms with van der Waals surface area (Å²) in [6.07, 6.45) is 2.37. The fourth-order valence-electron chi connectivity index (χ4n) is 4.55. The van der Waals surface area contributed by atoms with E-state index in [1.165, 1.54) is 16.7 Å². The molecule has 2 fully saturated rings. The lowest BCUT2D eigenvalue weighted by atomic mass is 9.98. The molecule has 2 atom stereocenters. The van der Waals surface area contributed by atoms with Crippen molar-refractivity contribution in [3.63, 3.8) is 0 Å². The average molecular weight is 377 g/mol. The quantitative estimate of drug-likeness (QED) is 0.809. The summed E-state index contributed by atoms with van der Waals surface area (Å²) in [6, 6.07) is 16.7. The summed E-state index contributed by atoms with van der Waals surface area (Å²) in [5, 5.41) is 0. The molecule has 28 heavy (non-hydrogen) atoms. The molecule has 0 aliphatic carbocycles. The second-order valence-electron chi connectivity index (χ2n) is 8.21. The zero-order valence-electron chi connectivity index (χ0n) is 16.7. The SMILES string of the molecule is Cc1ccc(CN2CC(C(=O)N3CCCC3c3ccccc3C)CC2=O)cc1. The molecule has 2 aromatic rings. The van der Waals surface area contributed by atoms with Gasteiger partial charge in [-0.15, -0.1) is 0 Å². The van der Waals surface area contributed by atoms with Crippen LogP contribution in [0, 0.1) is 19.8 Å². The van der Waals surface area contributed by atoms with Crippen molar-refractivity contribution in [2.75, 3.05) is 13.1 Å². The van der Waals surface area contributed by atoms with Gasteiger partial charge in [-0.2, -0.15) is 0 Å². The number of likely N-dealkylation sites (tertiary alicyclic amines) is 2. The first-order valence-electron chi connectivity index (χ1n) is 10.2. The molecular formula is C24H28N2O2. The third kappa shape index (κ3) is 3.68. The van der Waals surface area contributed by atoms with E-state index in [-0.39, 0.29) is 23.8 Å². The minimum Gasteiger partial charge on any atom is -0.338 e. The van der Waals surface area contributed by atoms with Crippen molar-refractivity contribution in [2.24, 2.45) is 5.92 Å². The molecule has 0 spiro atoms. The van der Waals surface area contributed by atoms with Crippen LogP contribution in [0.25, 0.3) is 0 Å². The van der Waals surface area contributed by atoms with Gasteiger partial charge >= 0.3 is 0 Å². The second-order valence-corrected chi connectivity index (χ2v) is 8.21. The summed E-state index contributed by atoms with van der Waals surface area (Å²) in [4.78, 5) is 29.7. The Morgan fingerprint density at radius 3 is 2.57 bits per heavy atom. The lowest BCUT2D eigenvalue weighted by Gasteiger charge is -2.28. The maximum atomic E-state index is 13.3. The van der Waals surface area contributed by atoms with E-state index in [0.717, 1.165) is 24.9 Å². The molecule has 0 aromatic heterocycles. The molecule has 2 saturated heterocycles. The smallest absolute Gasteiger partial charge is 0.228 e. The highest BCUT2D eigenvalue weighted by atomic mass is 16.2. The van der Waals surface area contributed by atoms with Gasteiger partial charge in [0, 0.05) is 26.1 Å². The number of nitrogens with zero attached hydrogens (tertiary/aromatic N) is 2. The summed E-state index contributed by atoms with van der Waals surface area (Å²) in [6.45, 7) is 6.08. The summed E-state index contributed by atoms with van der Waals surface area (Å²) in [5.41, 5.74) is 4.80. The predicted octanol–water partition coefficient (Wildman–Crippen LogP) is 4.02. The summed E-state index contributed by atoms with van der Waals surface area (Å²) in [5.74, 6) is 0.0126. The van der Waals surface area contributed by atoms with Gasteiger partial charge < -0.3 is 9.80 Å². The molecule has 0 N–H and O–H groups in total. The van der Waals surface area contributed by atoms with E-state index in [1.54, 1.807) is 0 Å². The fraction of sp³-hybridized carbons (Fsp3) is 0.417. The van der Waals surface area contributed by atoms with Crippen LogP contribution < -0.4 is 0 Å². The highest BCUT2D eigenvalue weighted by molar-refractivity contribution is 5.89. The number of rotatable bonds is 4. The fourth-order valence-corrected chi connectivity index (χ4v) is 4.55. The number of carbonyl (C=O) groups excluding carboxylic acids is 2. The van der Waals surface area contributed by atoms with Gasteiger partial charge in [-0.05, 0) is 43.4 Å². The zero-order valence-corrected chi connectivity index (χ0v) is 16.7. The molecule has 146 valence electrons. The molecule has 0 radical (unpaired) electrons. The van der Waals surface area contributed by atoms with E-state index >= 15 is 0 Å². The van der Waals surface area contributed by atoms with Crippen LogP contribution in [0.15, 0.2) is 48.5 Å². The minimum atomic E-state index is -0.220. The van der Waals surface area contributed by atoms with Crippen LogP contribution in [0.1, 0.15) is 47.6 Å². The first-order valence-corrected chi connectivity index (χ1v) is 10.2. The Morgan fingerprint density at radius 2 is 1.82 bits per heavy atom. The second kappa shape index (κ2) is 7.78. The Balaban J connectivity index is 1.45. The maximum absolute atomic E-state index is 13.3. The third-order valence-electron chi connectivity index (χ3n) is 6.14. The molecule has 2 aliphatic heterocycles. The molecule has 2 amide bonds. The van der Waals surface area contributed by atoms with Crippen molar-refractivity contribution in [1.82, 2.24) is 9.80 Å². The first kappa shape index (κ1) is 18.7. The summed E-state index contributed by atoms with van der Waals surface area (Å²) in [7, 11) is 0. The Hall–Kier alpha value is -2.62. The normalized spacial score (nSPS) is 22.1. The highest BCUT2D eigenvalue weighted by Crippen LogP contribution is 2.36. The minimum absolute atomic E-state index is 0.0885. The van der Waals surface area contributed by atoms with Gasteiger partial charge in [0.15, 0.2) is 0 Å². The molecule has 0 saturated carbocycles. The summed E-state index contributed by atoms with van der Waals surface area (Å²) < 4.78 is 0. The maximum Gasteiger partial charge on any atom is 0.228 e. The monoisotopic (exact) mass is 376 g/mol. The van der Waals surface area contributed by atoms with Crippen LogP contribution in [0.3, 0.4) is 0 Å². The van der Waals surface area contributed by atoms with Crippen molar-refractivity contribution >= 4 is 11.8 Å². The molecular weight excluding hydrogens is 348 g/mol. The van der Waals surface area contributed by atoms with Crippen LogP contribution in [-0.2, 0) is 16.1 Å². The Kier molecular flexibility index (Phi) is 5.21. The van der Waals surface area contributed by atoms with Crippen molar-refractivity contribution in [2.45, 2.75) is 45.7 Å². The van der Waals surface area contributed by atoms with Crippen molar-refractivity contribution in [3.05, 3.63) is 70.8 Å². The highest BCUT2D eigenvalue weighted by Gasteiger charge is 2.40. The molecule has 0 bridgehead atoms. The lowest BCUT2D eigenvalue weighted by molar-refractivity contribution is -0.136. The van der Waals surface area contributed by atoms with Crippen molar-refractivity contribution in [3.8, 4) is 0 Å². The van der Waals surface area contributed by atoms with E-state index in [9.17, 15) is 9.59 Å². The number of benzene rings is 2. The molecule has 2 aromatic carbocycles. The summed E-state index contributed by atoms with van der Waals surface area (Å²) >= 11 is 0. The number of hydrogen-bond donors (Lipinski definition) is 0. The van der Waals surface area contributed by atoms with Gasteiger partial charge in [-0.3, -0.25) is 9.59 Å². The topological polar surface area (TPSA) is 40.6 Å². The van der Waals surface area contributed by atoms with Crippen LogP contribution in [0.2, 0.25) is 0 Å². The van der Waals surface area contributed by atoms with Crippen LogP contribution in [-0.4, -0.2) is 34.7 Å². The van der Waals surface area contributed by atoms with Crippen LogP contribution in [0.4, 0.5) is 0 Å². The van der Waals surface area contributed by atoms with E-state index in [2.05, 4.69) is 50.2 Å². The lowest BCUT2D eigenvalue weighted by Crippen LogP contribution is -2.37. The molecule has 2 aliphatic rings. The number of hydrogen-bond acceptors (Lipinski definition) is 2. The number of carbonyl (C=O) groups is 2. The standard InChI is InChI=1S/C24H28N2O2/c1-17-9-11-19(12-10-17)15-25-16-20(14-23(25)27)24(28)26-13-5-8-22(26)21-7-4-3-6-18(21)2/h3-4,6-7,9-12,20,22H,5,8,13-16H2,1-2H3. The van der Waals surface area contributed by atoms with Crippen molar-refractivity contribution < 1.29 is 9.59 Å². The van der Waals surface area contributed by atoms with Gasteiger partial charge in [-0.1, -0.05) is 54.1 Å². The van der Waals surface area contributed by atoms with Gasteiger partial charge in [-0.25, -0.2) is 0 Å². The number of amides is 2. The van der Waals surface area contributed by atoms with Crippen LogP contribution in [0.5, 0.6) is 0 Å². The largest absolute Gasteiger partial charge is 0.338 e. The Labute approximate surface area is 167 Å². The van der Waals surface area contributed by atoms with E-state index in [0.29, 0.717) is 19.5 Å². The molecule has 4 rings (SSSR count). The van der Waals surface area contributed by atoms with Gasteiger partial charge in [0.25, 0.3) is 0 Å². The molecule has 4 heteroatoms. The third-order valence-corrected chi connectivity index (χ3v) is 6.14. The molecule has 2 unspecified atom stereocenters. The van der Waals surface area contributed by atoms with E-state index in [4.69, 9.17) is 0 Å². The Morgan fingerprint density at radius 1 is 1.07 bits per heavy atom. The van der Waals surface area contributed by atoms with Gasteiger partial charge in [0.05, 0.1) is 12.0 Å². The predicted molar refractivity (Wildman–Crippen MR) is 110 cm³/mol. The van der Waals surface area contributed by atoms with Crippen molar-refractivity contribution in [1.29, 1.82) is 0 Å². The molecule has 2 heterocycles. The van der Waals surface area contributed by atoms with E-state index < -0.39 is 0 Å². The zero-order chi connectivity index (χ0) is 19.7. The average Bonchev–Trinajstić information content (AvgIpc) is 3.31. The number of aryl methyl sites for hydroxylation is 2. The first-order chi connectivity index (χ1) is 13.5. The van der Waals surface area contributed by atoms with Gasteiger partial charge in [0.1, 0.15) is 0 Å². The van der Waals surface area contributed by atoms with Crippen LogP contribution >= 0.6 is 0 Å². The van der Waals surface area contributed by atoms with Gasteiger partial charge in [0.2, 0.25) is 11.8 Å². The Bertz CT molecular complexity index is 874. The molecule has 4 nitrogen and oxygen atoms in total.